The fourth-order valence-corrected chi connectivity index (χ4v) is 5.42. The quantitative estimate of drug-likeness (QED) is 0.337. The molecule has 0 aromatic rings. The zero-order valence-corrected chi connectivity index (χ0v) is 18.3. The zero-order chi connectivity index (χ0) is 21.1. The number of likely N-dealkylation sites (N-methyl/N-ethyl adjacent to an activating group) is 1. The molecule has 9 heteroatoms. The average molecular weight is 430 g/mol. The molecule has 5 unspecified atom stereocenters. The lowest BCUT2D eigenvalue weighted by molar-refractivity contribution is -0.202. The van der Waals surface area contributed by atoms with Crippen molar-refractivity contribution < 1.29 is 24.9 Å². The second kappa shape index (κ2) is 10.1. The number of nitrogens with one attached hydrogen (secondary N) is 2. The summed E-state index contributed by atoms with van der Waals surface area (Å²) >= 11 is 1.27. The van der Waals surface area contributed by atoms with Crippen LogP contribution in [0.2, 0.25) is 0 Å². The van der Waals surface area contributed by atoms with Gasteiger partial charge in [0.2, 0.25) is 5.91 Å². The number of hydrogen-bond acceptors (Lipinski definition) is 8. The van der Waals surface area contributed by atoms with Crippen molar-refractivity contribution in [3.63, 3.8) is 0 Å². The van der Waals surface area contributed by atoms with Gasteiger partial charge in [-0.3, -0.25) is 9.69 Å². The number of hydrogen-bond donors (Lipinski definition) is 5. The summed E-state index contributed by atoms with van der Waals surface area (Å²) in [7, 11) is 1.97. The third kappa shape index (κ3) is 4.98. The zero-order valence-electron chi connectivity index (χ0n) is 17.5. The van der Waals surface area contributed by atoms with Crippen LogP contribution >= 0.6 is 11.8 Å². The number of amides is 1. The molecule has 3 heterocycles. The predicted octanol–water partition coefficient (Wildman–Crippen LogP) is -0.708. The van der Waals surface area contributed by atoms with Gasteiger partial charge in [0, 0.05) is 19.6 Å². The topological polar surface area (TPSA) is 114 Å². The van der Waals surface area contributed by atoms with Crippen LogP contribution in [-0.4, -0.2) is 101 Å². The molecule has 0 spiro atoms. The Morgan fingerprint density at radius 1 is 1.38 bits per heavy atom. The lowest BCUT2D eigenvalue weighted by Crippen LogP contribution is -2.64. The number of thioether (sulfide) groups is 1. The first kappa shape index (κ1) is 23.0. The summed E-state index contributed by atoms with van der Waals surface area (Å²) in [5.41, 5.74) is 0.257. The molecule has 0 bridgehead atoms. The van der Waals surface area contributed by atoms with E-state index in [0.29, 0.717) is 19.0 Å². The van der Waals surface area contributed by atoms with E-state index >= 15 is 0 Å². The Morgan fingerprint density at radius 2 is 2.14 bits per heavy atom. The van der Waals surface area contributed by atoms with Crippen LogP contribution in [0.4, 0.5) is 0 Å². The Hall–Kier alpha value is -0.680. The number of aliphatic hydroxyl groups excluding tert-OH is 3. The highest BCUT2D eigenvalue weighted by Gasteiger charge is 2.48. The maximum atomic E-state index is 13.2. The predicted molar refractivity (Wildman–Crippen MR) is 113 cm³/mol. The normalized spacial score (nSPS) is 39.4. The van der Waals surface area contributed by atoms with Crippen LogP contribution < -0.4 is 10.6 Å². The molecule has 0 saturated carbocycles. The van der Waals surface area contributed by atoms with E-state index in [4.69, 9.17) is 4.74 Å². The molecular weight excluding hydrogens is 394 g/mol. The number of ether oxygens (including phenoxy) is 1. The Morgan fingerprint density at radius 3 is 2.76 bits per heavy atom. The largest absolute Gasteiger partial charge is 0.387 e. The lowest BCUT2D eigenvalue weighted by Gasteiger charge is -2.43. The highest BCUT2D eigenvalue weighted by Crippen LogP contribution is 2.31. The van der Waals surface area contributed by atoms with E-state index in [1.54, 1.807) is 6.26 Å². The summed E-state index contributed by atoms with van der Waals surface area (Å²) in [4.78, 5) is 15.3. The molecule has 0 radical (unpaired) electrons. The number of aliphatic hydroxyl groups is 3. The number of rotatable bonds is 7. The van der Waals surface area contributed by atoms with Crippen LogP contribution in [0.25, 0.3) is 0 Å². The van der Waals surface area contributed by atoms with Crippen molar-refractivity contribution in [3.05, 3.63) is 11.6 Å². The van der Waals surface area contributed by atoms with Gasteiger partial charge in [-0.1, -0.05) is 19.4 Å². The summed E-state index contributed by atoms with van der Waals surface area (Å²) in [5.74, 6) is 0.432. The van der Waals surface area contributed by atoms with Crippen LogP contribution in [0.15, 0.2) is 11.6 Å². The molecule has 166 valence electrons. The van der Waals surface area contributed by atoms with Crippen molar-refractivity contribution in [3.8, 4) is 0 Å². The van der Waals surface area contributed by atoms with Gasteiger partial charge in [0.15, 0.2) is 0 Å². The van der Waals surface area contributed by atoms with Gasteiger partial charge in [-0.15, -0.1) is 11.8 Å². The fourth-order valence-electron chi connectivity index (χ4n) is 4.74. The van der Waals surface area contributed by atoms with Crippen LogP contribution in [0.3, 0.4) is 0 Å². The number of carbonyl (C=O) groups excluding carboxylic acids is 1. The van der Waals surface area contributed by atoms with Gasteiger partial charge in [0.05, 0.1) is 12.1 Å². The van der Waals surface area contributed by atoms with Gasteiger partial charge in [0.25, 0.3) is 0 Å². The molecule has 0 aromatic heterocycles. The summed E-state index contributed by atoms with van der Waals surface area (Å²) in [6.45, 7) is 4.33. The molecule has 1 amide bonds. The van der Waals surface area contributed by atoms with Crippen LogP contribution in [0, 0.1) is 5.92 Å². The Kier molecular flexibility index (Phi) is 8.00. The second-order valence-corrected chi connectivity index (χ2v) is 9.35. The molecule has 5 N–H and O–H groups in total. The van der Waals surface area contributed by atoms with Gasteiger partial charge in [-0.25, -0.2) is 0 Å². The first-order valence-corrected chi connectivity index (χ1v) is 11.8. The summed E-state index contributed by atoms with van der Waals surface area (Å²) < 4.78 is 5.96. The van der Waals surface area contributed by atoms with E-state index in [1.165, 1.54) is 11.8 Å². The summed E-state index contributed by atoms with van der Waals surface area (Å²) in [6, 6.07) is -0.778. The fraction of sp³-hybridized carbons (Fsp3) is 0.850. The molecule has 29 heavy (non-hydrogen) atoms. The first-order valence-electron chi connectivity index (χ1n) is 10.5. The van der Waals surface area contributed by atoms with E-state index in [9.17, 15) is 20.1 Å². The standard InChI is InChI=1S/C20H35N3O5S/c1-4-5-11-8-13(23(2)10-11)19(27)22-14(12-6-7-21-9-12)18-16(25)15(24)17(26)20(28-18)29-3/h6,11,13-18,20-21,24-26H,4-5,7-10H2,1-3H3,(H,22,27)/t11-,13+,14-,15?,16?,17?,18?,20?/m1/s1. The van der Waals surface area contributed by atoms with Gasteiger partial charge in [-0.2, -0.15) is 0 Å². The van der Waals surface area contributed by atoms with Crippen LogP contribution in [-0.2, 0) is 9.53 Å². The Balaban J connectivity index is 1.77. The van der Waals surface area contributed by atoms with Crippen molar-refractivity contribution in [1.82, 2.24) is 15.5 Å². The molecule has 2 saturated heterocycles. The van der Waals surface area contributed by atoms with Gasteiger partial charge in [0.1, 0.15) is 29.9 Å². The van der Waals surface area contributed by atoms with Gasteiger partial charge < -0.3 is 30.7 Å². The van der Waals surface area contributed by atoms with Gasteiger partial charge >= 0.3 is 0 Å². The van der Waals surface area contributed by atoms with E-state index in [0.717, 1.165) is 31.4 Å². The molecular formula is C20H35N3O5S. The minimum absolute atomic E-state index is 0.0824. The van der Waals surface area contributed by atoms with Crippen molar-refractivity contribution in [2.45, 2.75) is 68.1 Å². The van der Waals surface area contributed by atoms with E-state index in [2.05, 4.69) is 22.5 Å². The molecule has 3 aliphatic heterocycles. The van der Waals surface area contributed by atoms with E-state index in [1.807, 2.05) is 13.1 Å². The third-order valence-corrected chi connectivity index (χ3v) is 7.19. The van der Waals surface area contributed by atoms with Crippen molar-refractivity contribution in [2.75, 3.05) is 32.9 Å². The van der Waals surface area contributed by atoms with Crippen molar-refractivity contribution in [1.29, 1.82) is 0 Å². The second-order valence-electron chi connectivity index (χ2n) is 8.42. The highest BCUT2D eigenvalue weighted by atomic mass is 32.2. The SMILES string of the molecule is CCC[C@@H]1C[C@@H](C(=O)N[C@H](C2=CCNC2)C2OC(SC)C(O)C(O)C2O)N(C)C1. The minimum atomic E-state index is -1.33. The Labute approximate surface area is 177 Å². The first-order chi connectivity index (χ1) is 13.9. The smallest absolute Gasteiger partial charge is 0.237 e. The molecule has 2 fully saturated rings. The number of likely N-dealkylation sites (tertiary alicyclic amines) is 1. The van der Waals surface area contributed by atoms with E-state index < -0.39 is 35.9 Å². The lowest BCUT2D eigenvalue weighted by atomic mass is 9.90. The number of nitrogens with zero attached hydrogens (tertiary/aromatic N) is 1. The van der Waals surface area contributed by atoms with E-state index in [-0.39, 0.29) is 11.9 Å². The Bertz CT molecular complexity index is 605. The molecule has 8 atom stereocenters. The summed E-state index contributed by atoms with van der Waals surface area (Å²) in [6.07, 6.45) is 2.16. The maximum Gasteiger partial charge on any atom is 0.237 e. The third-order valence-electron chi connectivity index (χ3n) is 6.34. The molecule has 0 aliphatic carbocycles. The molecule has 8 nitrogen and oxygen atoms in total. The molecule has 3 aliphatic rings. The maximum absolute atomic E-state index is 13.2. The highest BCUT2D eigenvalue weighted by molar-refractivity contribution is 7.99. The monoisotopic (exact) mass is 429 g/mol. The average Bonchev–Trinajstić information content (AvgIpc) is 3.35. The van der Waals surface area contributed by atoms with Crippen LogP contribution in [0.1, 0.15) is 26.2 Å². The minimum Gasteiger partial charge on any atom is -0.387 e. The van der Waals surface area contributed by atoms with Crippen molar-refractivity contribution in [2.24, 2.45) is 5.92 Å². The number of carbonyl (C=O) groups is 1. The summed E-state index contributed by atoms with van der Waals surface area (Å²) in [5, 5.41) is 37.5. The molecule has 0 aromatic carbocycles. The molecule has 3 rings (SSSR count). The van der Waals surface area contributed by atoms with Gasteiger partial charge in [-0.05, 0) is 37.6 Å². The van der Waals surface area contributed by atoms with Crippen molar-refractivity contribution >= 4 is 17.7 Å². The van der Waals surface area contributed by atoms with Crippen LogP contribution in [0.5, 0.6) is 0 Å².